The molecule has 4 N–H and O–H groups in total. The number of ether oxygens (including phenoxy) is 1. The fourth-order valence-electron chi connectivity index (χ4n) is 4.38. The van der Waals surface area contributed by atoms with Crippen molar-refractivity contribution in [2.75, 3.05) is 46.7 Å². The molecule has 0 amide bonds. The third-order valence-electron chi connectivity index (χ3n) is 5.98. The molecule has 0 fully saturated rings. The summed E-state index contributed by atoms with van der Waals surface area (Å²) >= 11 is 1.92. The number of fused-ring (bicyclic) bond motifs is 3. The Balaban J connectivity index is 1.24. The minimum atomic E-state index is 0.143. The second-order valence-corrected chi connectivity index (χ2v) is 9.05. The van der Waals surface area contributed by atoms with Crippen molar-refractivity contribution in [3.8, 4) is 5.75 Å². The van der Waals surface area contributed by atoms with E-state index in [1.54, 1.807) is 0 Å². The predicted octanol–water partition coefficient (Wildman–Crippen LogP) is 5.33. The molecule has 2 unspecified atom stereocenters. The first-order chi connectivity index (χ1) is 14.8. The maximum atomic E-state index is 6.11. The first kappa shape index (κ1) is 17.8. The first-order valence-electron chi connectivity index (χ1n) is 10.5. The van der Waals surface area contributed by atoms with Crippen molar-refractivity contribution in [3.63, 3.8) is 0 Å². The van der Waals surface area contributed by atoms with Gasteiger partial charge in [-0.05, 0) is 47.5 Å². The summed E-state index contributed by atoms with van der Waals surface area (Å²) in [7, 11) is 0. The van der Waals surface area contributed by atoms with Gasteiger partial charge in [0.1, 0.15) is 12.4 Å². The number of hydrogen-bond donors (Lipinski definition) is 4. The predicted molar refractivity (Wildman–Crippen MR) is 125 cm³/mol. The molecule has 6 rings (SSSR count). The Labute approximate surface area is 180 Å². The van der Waals surface area contributed by atoms with Crippen LogP contribution < -0.4 is 26.0 Å². The summed E-state index contributed by atoms with van der Waals surface area (Å²) in [6.07, 6.45) is 0. The second-order valence-electron chi connectivity index (χ2n) is 7.92. The van der Waals surface area contributed by atoms with Gasteiger partial charge in [0.05, 0.1) is 29.1 Å². The highest BCUT2D eigenvalue weighted by molar-refractivity contribution is 7.99. The standard InChI is InChI=1S/C24H24N4OS/c1-2-4-18-17(3-1)26-13-21(27-18)15-5-7-23-19(11-15)28-22(14-29-23)16-6-8-24-20(12-16)25-9-10-30-24/h1-8,11-12,21-22,25-28H,9-10,13-14H2. The van der Waals surface area contributed by atoms with Gasteiger partial charge in [-0.1, -0.05) is 24.3 Å². The Kier molecular flexibility index (Phi) is 4.38. The lowest BCUT2D eigenvalue weighted by Gasteiger charge is -2.32. The molecule has 0 spiro atoms. The smallest absolute Gasteiger partial charge is 0.142 e. The lowest BCUT2D eigenvalue weighted by Crippen LogP contribution is -2.27. The van der Waals surface area contributed by atoms with Gasteiger partial charge in [-0.3, -0.25) is 0 Å². The van der Waals surface area contributed by atoms with Crippen LogP contribution in [0.5, 0.6) is 5.75 Å². The molecule has 3 heterocycles. The van der Waals surface area contributed by atoms with E-state index >= 15 is 0 Å². The lowest BCUT2D eigenvalue weighted by molar-refractivity contribution is 0.286. The highest BCUT2D eigenvalue weighted by Crippen LogP contribution is 2.39. The Morgan fingerprint density at radius 1 is 0.767 bits per heavy atom. The number of nitrogens with one attached hydrogen (secondary N) is 4. The SMILES string of the molecule is c1ccc2c(c1)NCC(c1ccc3c(c1)NC(c1ccc4c(c1)NCCS4)CO3)N2. The molecule has 152 valence electrons. The average Bonchev–Trinajstić information content (AvgIpc) is 2.82. The van der Waals surface area contributed by atoms with Gasteiger partial charge in [-0.15, -0.1) is 11.8 Å². The topological polar surface area (TPSA) is 57.3 Å². The van der Waals surface area contributed by atoms with E-state index in [-0.39, 0.29) is 12.1 Å². The highest BCUT2D eigenvalue weighted by Gasteiger charge is 2.24. The van der Waals surface area contributed by atoms with Crippen molar-refractivity contribution in [3.05, 3.63) is 71.8 Å². The average molecular weight is 417 g/mol. The Bertz CT molecular complexity index is 1100. The van der Waals surface area contributed by atoms with Crippen LogP contribution >= 0.6 is 11.8 Å². The zero-order valence-corrected chi connectivity index (χ0v) is 17.4. The summed E-state index contributed by atoms with van der Waals surface area (Å²) in [6.45, 7) is 2.51. The number of rotatable bonds is 2. The number of benzene rings is 3. The molecule has 2 atom stereocenters. The van der Waals surface area contributed by atoms with E-state index in [2.05, 4.69) is 81.9 Å². The summed E-state index contributed by atoms with van der Waals surface area (Å²) in [5.74, 6) is 2.05. The molecule has 0 saturated carbocycles. The molecule has 30 heavy (non-hydrogen) atoms. The van der Waals surface area contributed by atoms with Crippen LogP contribution in [0.15, 0.2) is 65.6 Å². The molecule has 3 aliphatic heterocycles. The number of para-hydroxylation sites is 2. The van der Waals surface area contributed by atoms with Crippen LogP contribution in [-0.4, -0.2) is 25.4 Å². The number of thioether (sulfide) groups is 1. The van der Waals surface area contributed by atoms with Crippen molar-refractivity contribution < 1.29 is 4.74 Å². The molecule has 0 aliphatic carbocycles. The van der Waals surface area contributed by atoms with Gasteiger partial charge in [-0.2, -0.15) is 0 Å². The van der Waals surface area contributed by atoms with Crippen molar-refractivity contribution in [1.82, 2.24) is 0 Å². The van der Waals surface area contributed by atoms with Crippen molar-refractivity contribution in [2.24, 2.45) is 0 Å². The van der Waals surface area contributed by atoms with E-state index < -0.39 is 0 Å². The van der Waals surface area contributed by atoms with Gasteiger partial charge in [0.2, 0.25) is 0 Å². The van der Waals surface area contributed by atoms with E-state index in [0.29, 0.717) is 6.61 Å². The minimum absolute atomic E-state index is 0.143. The number of anilines is 4. The van der Waals surface area contributed by atoms with Crippen molar-refractivity contribution in [1.29, 1.82) is 0 Å². The maximum absolute atomic E-state index is 6.11. The van der Waals surface area contributed by atoms with E-state index in [1.807, 2.05) is 11.8 Å². The van der Waals surface area contributed by atoms with Crippen LogP contribution in [0, 0.1) is 0 Å². The molecule has 0 radical (unpaired) electrons. The van der Waals surface area contributed by atoms with Gasteiger partial charge < -0.3 is 26.0 Å². The summed E-state index contributed by atoms with van der Waals surface area (Å²) in [4.78, 5) is 1.33. The summed E-state index contributed by atoms with van der Waals surface area (Å²) in [6, 6.07) is 21.9. The molecule has 3 aliphatic rings. The number of hydrogen-bond acceptors (Lipinski definition) is 6. The lowest BCUT2D eigenvalue weighted by atomic mass is 10.0. The Hall–Kier alpha value is -2.99. The Morgan fingerprint density at radius 2 is 1.57 bits per heavy atom. The summed E-state index contributed by atoms with van der Waals surface area (Å²) < 4.78 is 6.11. The molecular formula is C24H24N4OS. The molecular weight excluding hydrogens is 392 g/mol. The summed E-state index contributed by atoms with van der Waals surface area (Å²) in [5, 5.41) is 14.4. The van der Waals surface area contributed by atoms with E-state index in [1.165, 1.54) is 21.7 Å². The maximum Gasteiger partial charge on any atom is 0.142 e. The van der Waals surface area contributed by atoms with Crippen LogP contribution in [0.1, 0.15) is 23.2 Å². The minimum Gasteiger partial charge on any atom is -0.489 e. The quantitative estimate of drug-likeness (QED) is 0.453. The molecule has 0 saturated heterocycles. The van der Waals surface area contributed by atoms with Crippen LogP contribution in [0.25, 0.3) is 0 Å². The third-order valence-corrected chi connectivity index (χ3v) is 7.05. The van der Waals surface area contributed by atoms with E-state index in [0.717, 1.165) is 41.7 Å². The molecule has 0 aromatic heterocycles. The Morgan fingerprint density at radius 3 is 2.53 bits per heavy atom. The molecule has 3 aromatic carbocycles. The second kappa shape index (κ2) is 7.36. The van der Waals surface area contributed by atoms with Gasteiger partial charge >= 0.3 is 0 Å². The van der Waals surface area contributed by atoms with Gasteiger partial charge in [0.15, 0.2) is 0 Å². The van der Waals surface area contributed by atoms with Gasteiger partial charge in [-0.25, -0.2) is 0 Å². The zero-order valence-electron chi connectivity index (χ0n) is 16.6. The van der Waals surface area contributed by atoms with Gasteiger partial charge in [0, 0.05) is 29.4 Å². The highest BCUT2D eigenvalue weighted by atomic mass is 32.2. The normalized spacial score (nSPS) is 21.3. The van der Waals surface area contributed by atoms with E-state index in [9.17, 15) is 0 Å². The van der Waals surface area contributed by atoms with Crippen LogP contribution in [0.3, 0.4) is 0 Å². The molecule has 3 aromatic rings. The van der Waals surface area contributed by atoms with Crippen LogP contribution in [0.2, 0.25) is 0 Å². The van der Waals surface area contributed by atoms with Crippen LogP contribution in [-0.2, 0) is 0 Å². The third kappa shape index (κ3) is 3.21. The van der Waals surface area contributed by atoms with Crippen molar-refractivity contribution in [2.45, 2.75) is 17.0 Å². The first-order valence-corrected chi connectivity index (χ1v) is 11.5. The van der Waals surface area contributed by atoms with E-state index in [4.69, 9.17) is 4.74 Å². The zero-order chi connectivity index (χ0) is 19.9. The molecule has 5 nitrogen and oxygen atoms in total. The molecule has 6 heteroatoms. The monoisotopic (exact) mass is 416 g/mol. The van der Waals surface area contributed by atoms with Gasteiger partial charge in [0.25, 0.3) is 0 Å². The molecule has 0 bridgehead atoms. The van der Waals surface area contributed by atoms with Crippen LogP contribution in [0.4, 0.5) is 22.7 Å². The fraction of sp³-hybridized carbons (Fsp3) is 0.250. The largest absolute Gasteiger partial charge is 0.489 e. The summed E-state index contributed by atoms with van der Waals surface area (Å²) in [5.41, 5.74) is 7.10. The van der Waals surface area contributed by atoms with Crippen molar-refractivity contribution >= 4 is 34.5 Å². The fourth-order valence-corrected chi connectivity index (χ4v) is 5.25.